The number of anilines is 1. The minimum Gasteiger partial charge on any atom is -0.296 e. The fourth-order valence-corrected chi connectivity index (χ4v) is 3.81. The van der Waals surface area contributed by atoms with E-state index in [2.05, 4.69) is 32.6 Å². The monoisotopic (exact) mass is 420 g/mol. The van der Waals surface area contributed by atoms with Crippen LogP contribution >= 0.6 is 22.9 Å². The second-order valence-electron chi connectivity index (χ2n) is 6.35. The SMILES string of the molecule is O=C(Nc1nnc(CCc2ccccc2)s1)c1ccc(-c2ncccc2Cl)cc1. The highest BCUT2D eigenvalue weighted by Gasteiger charge is 2.11. The lowest BCUT2D eigenvalue weighted by Gasteiger charge is -2.05. The van der Waals surface area contributed by atoms with Crippen LogP contribution in [0.5, 0.6) is 0 Å². The molecule has 2 aromatic heterocycles. The molecule has 0 aliphatic rings. The number of pyridine rings is 1. The highest BCUT2D eigenvalue weighted by molar-refractivity contribution is 7.15. The number of nitrogens with one attached hydrogen (secondary N) is 1. The molecule has 1 amide bonds. The number of nitrogens with zero attached hydrogens (tertiary/aromatic N) is 3. The first-order valence-electron chi connectivity index (χ1n) is 9.07. The zero-order chi connectivity index (χ0) is 20.1. The van der Waals surface area contributed by atoms with Crippen LogP contribution in [0.2, 0.25) is 5.02 Å². The largest absolute Gasteiger partial charge is 0.296 e. The molecule has 144 valence electrons. The first-order valence-corrected chi connectivity index (χ1v) is 10.3. The van der Waals surface area contributed by atoms with Gasteiger partial charge in [0.15, 0.2) is 0 Å². The molecule has 0 bridgehead atoms. The fourth-order valence-electron chi connectivity index (χ4n) is 2.85. The van der Waals surface area contributed by atoms with Crippen molar-refractivity contribution in [3.8, 4) is 11.3 Å². The van der Waals surface area contributed by atoms with Gasteiger partial charge in [-0.3, -0.25) is 15.1 Å². The molecule has 4 rings (SSSR count). The molecule has 0 fully saturated rings. The maximum atomic E-state index is 12.5. The Morgan fingerprint density at radius 2 is 1.72 bits per heavy atom. The third-order valence-electron chi connectivity index (χ3n) is 4.34. The number of carbonyl (C=O) groups excluding carboxylic acids is 1. The lowest BCUT2D eigenvalue weighted by Crippen LogP contribution is -2.11. The molecule has 0 atom stereocenters. The molecule has 1 N–H and O–H groups in total. The second-order valence-corrected chi connectivity index (χ2v) is 7.82. The van der Waals surface area contributed by atoms with Crippen LogP contribution in [0.25, 0.3) is 11.3 Å². The lowest BCUT2D eigenvalue weighted by molar-refractivity contribution is 0.102. The molecule has 2 aromatic carbocycles. The predicted octanol–water partition coefficient (Wildman–Crippen LogP) is 5.29. The Morgan fingerprint density at radius 3 is 2.48 bits per heavy atom. The van der Waals surface area contributed by atoms with Gasteiger partial charge >= 0.3 is 0 Å². The molecule has 7 heteroatoms. The van der Waals surface area contributed by atoms with E-state index in [9.17, 15) is 4.79 Å². The van der Waals surface area contributed by atoms with Gasteiger partial charge in [0, 0.05) is 23.7 Å². The molecular weight excluding hydrogens is 404 g/mol. The number of amides is 1. The lowest BCUT2D eigenvalue weighted by atomic mass is 10.1. The van der Waals surface area contributed by atoms with Crippen LogP contribution in [0.3, 0.4) is 0 Å². The van der Waals surface area contributed by atoms with Crippen molar-refractivity contribution in [2.45, 2.75) is 12.8 Å². The summed E-state index contributed by atoms with van der Waals surface area (Å²) in [5.41, 5.74) is 3.32. The maximum Gasteiger partial charge on any atom is 0.257 e. The third kappa shape index (κ3) is 4.85. The van der Waals surface area contributed by atoms with Crippen LogP contribution in [-0.2, 0) is 12.8 Å². The normalized spacial score (nSPS) is 10.7. The van der Waals surface area contributed by atoms with E-state index in [4.69, 9.17) is 11.6 Å². The van der Waals surface area contributed by atoms with Crippen molar-refractivity contribution in [3.05, 3.63) is 94.1 Å². The maximum absolute atomic E-state index is 12.5. The Kier molecular flexibility index (Phi) is 5.93. The number of rotatable bonds is 6. The molecule has 5 nitrogen and oxygen atoms in total. The molecule has 0 aliphatic heterocycles. The van der Waals surface area contributed by atoms with Crippen LogP contribution in [0.4, 0.5) is 5.13 Å². The average Bonchev–Trinajstić information content (AvgIpc) is 3.21. The smallest absolute Gasteiger partial charge is 0.257 e. The molecule has 4 aromatic rings. The van der Waals surface area contributed by atoms with Crippen molar-refractivity contribution >= 4 is 34.0 Å². The van der Waals surface area contributed by atoms with Crippen molar-refractivity contribution in [2.24, 2.45) is 0 Å². The average molecular weight is 421 g/mol. The van der Waals surface area contributed by atoms with Crippen LogP contribution in [0, 0.1) is 0 Å². The minimum atomic E-state index is -0.227. The molecule has 0 spiro atoms. The fraction of sp³-hybridized carbons (Fsp3) is 0.0909. The molecular formula is C22H17ClN4OS. The van der Waals surface area contributed by atoms with Crippen LogP contribution in [0.1, 0.15) is 20.9 Å². The van der Waals surface area contributed by atoms with E-state index in [0.29, 0.717) is 21.4 Å². The minimum absolute atomic E-state index is 0.227. The van der Waals surface area contributed by atoms with E-state index in [1.807, 2.05) is 30.3 Å². The Balaban J connectivity index is 1.38. The Morgan fingerprint density at radius 1 is 0.931 bits per heavy atom. The van der Waals surface area contributed by atoms with Crippen molar-refractivity contribution in [1.82, 2.24) is 15.2 Å². The number of halogens is 1. The van der Waals surface area contributed by atoms with E-state index in [1.165, 1.54) is 16.9 Å². The first kappa shape index (κ1) is 19.2. The molecule has 0 saturated heterocycles. The zero-order valence-corrected chi connectivity index (χ0v) is 17.0. The van der Waals surface area contributed by atoms with Crippen molar-refractivity contribution in [1.29, 1.82) is 0 Å². The molecule has 0 unspecified atom stereocenters. The topological polar surface area (TPSA) is 67.8 Å². The van der Waals surface area contributed by atoms with Crippen LogP contribution in [-0.4, -0.2) is 21.1 Å². The summed E-state index contributed by atoms with van der Waals surface area (Å²) in [7, 11) is 0. The van der Waals surface area contributed by atoms with Gasteiger partial charge in [0.25, 0.3) is 5.91 Å². The summed E-state index contributed by atoms with van der Waals surface area (Å²) in [6.45, 7) is 0. The van der Waals surface area contributed by atoms with E-state index < -0.39 is 0 Å². The summed E-state index contributed by atoms with van der Waals surface area (Å²) < 4.78 is 0. The number of hydrogen-bond acceptors (Lipinski definition) is 5. The Hall–Kier alpha value is -3.09. The van der Waals surface area contributed by atoms with E-state index >= 15 is 0 Å². The highest BCUT2D eigenvalue weighted by Crippen LogP contribution is 2.25. The highest BCUT2D eigenvalue weighted by atomic mass is 35.5. The summed E-state index contributed by atoms with van der Waals surface area (Å²) >= 11 is 7.58. The summed E-state index contributed by atoms with van der Waals surface area (Å²) in [4.78, 5) is 16.8. The summed E-state index contributed by atoms with van der Waals surface area (Å²) in [6, 6.07) is 20.9. The van der Waals surface area contributed by atoms with Gasteiger partial charge in [0.05, 0.1) is 10.7 Å². The van der Waals surface area contributed by atoms with Crippen molar-refractivity contribution in [2.75, 3.05) is 5.32 Å². The van der Waals surface area contributed by atoms with E-state index in [-0.39, 0.29) is 5.91 Å². The van der Waals surface area contributed by atoms with Gasteiger partial charge in [-0.15, -0.1) is 10.2 Å². The summed E-state index contributed by atoms with van der Waals surface area (Å²) in [5, 5.41) is 13.0. The standard InChI is InChI=1S/C22H17ClN4OS/c23-18-7-4-14-24-20(18)16-9-11-17(12-10-16)21(28)25-22-27-26-19(29-22)13-8-15-5-2-1-3-6-15/h1-7,9-12,14H,8,13H2,(H,25,27,28). The molecule has 0 aliphatic carbocycles. The van der Waals surface area contributed by atoms with E-state index in [1.54, 1.807) is 30.5 Å². The molecule has 0 radical (unpaired) electrons. The van der Waals surface area contributed by atoms with Crippen molar-refractivity contribution < 1.29 is 4.79 Å². The molecule has 29 heavy (non-hydrogen) atoms. The third-order valence-corrected chi connectivity index (χ3v) is 5.54. The van der Waals surface area contributed by atoms with Crippen molar-refractivity contribution in [3.63, 3.8) is 0 Å². The number of aryl methyl sites for hydroxylation is 2. The quantitative estimate of drug-likeness (QED) is 0.460. The van der Waals surface area contributed by atoms with Gasteiger partial charge in [0.1, 0.15) is 5.01 Å². The predicted molar refractivity (Wildman–Crippen MR) is 116 cm³/mol. The van der Waals surface area contributed by atoms with Crippen LogP contribution < -0.4 is 5.32 Å². The van der Waals surface area contributed by atoms with Gasteiger partial charge < -0.3 is 0 Å². The van der Waals surface area contributed by atoms with Crippen LogP contribution in [0.15, 0.2) is 72.9 Å². The van der Waals surface area contributed by atoms with Gasteiger partial charge in [-0.1, -0.05) is 65.4 Å². The summed E-state index contributed by atoms with van der Waals surface area (Å²) in [5.74, 6) is -0.227. The number of benzene rings is 2. The zero-order valence-electron chi connectivity index (χ0n) is 15.4. The Labute approximate surface area is 177 Å². The number of hydrogen-bond donors (Lipinski definition) is 1. The van der Waals surface area contributed by atoms with Gasteiger partial charge in [-0.2, -0.15) is 0 Å². The molecule has 0 saturated carbocycles. The van der Waals surface area contributed by atoms with Gasteiger partial charge in [-0.25, -0.2) is 0 Å². The second kappa shape index (κ2) is 8.94. The van der Waals surface area contributed by atoms with E-state index in [0.717, 1.165) is 23.4 Å². The van der Waals surface area contributed by atoms with Gasteiger partial charge in [-0.05, 0) is 36.2 Å². The first-order chi connectivity index (χ1) is 14.2. The summed E-state index contributed by atoms with van der Waals surface area (Å²) in [6.07, 6.45) is 3.37. The Bertz CT molecular complexity index is 1110. The van der Waals surface area contributed by atoms with Gasteiger partial charge in [0.2, 0.25) is 5.13 Å². The molecule has 2 heterocycles. The number of carbonyl (C=O) groups is 1. The number of aromatic nitrogens is 3.